The second-order valence-electron chi connectivity index (χ2n) is 5.33. The van der Waals surface area contributed by atoms with Gasteiger partial charge in [-0.3, -0.25) is 4.79 Å². The molecule has 0 radical (unpaired) electrons. The summed E-state index contributed by atoms with van der Waals surface area (Å²) in [5.74, 6) is 0.637. The molecule has 8 heteroatoms. The lowest BCUT2D eigenvalue weighted by Crippen LogP contribution is -2.42. The number of nitrogens with zero attached hydrogens (tertiary/aromatic N) is 2. The van der Waals surface area contributed by atoms with Crippen LogP contribution in [0.15, 0.2) is 22.9 Å². The molecule has 128 valence electrons. The van der Waals surface area contributed by atoms with Gasteiger partial charge in [-0.15, -0.1) is 47.5 Å². The highest BCUT2D eigenvalue weighted by Crippen LogP contribution is 2.28. The molecule has 2 aromatic rings. The number of piperidine rings is 1. The fraction of sp³-hybridized carbons (Fsp3) is 0.467. The molecule has 0 spiro atoms. The van der Waals surface area contributed by atoms with Crippen LogP contribution >= 0.6 is 47.5 Å². The predicted molar refractivity (Wildman–Crippen MR) is 102 cm³/mol. The van der Waals surface area contributed by atoms with E-state index in [2.05, 4.69) is 10.3 Å². The van der Waals surface area contributed by atoms with Gasteiger partial charge < -0.3 is 10.2 Å². The number of hydrogen-bond donors (Lipinski definition) is 1. The Bertz CT molecular complexity index is 602. The first-order chi connectivity index (χ1) is 10.3. The van der Waals surface area contributed by atoms with Crippen molar-refractivity contribution in [3.63, 3.8) is 0 Å². The molecular formula is C15H21Cl2N3OS2. The molecule has 0 aromatic carbocycles. The van der Waals surface area contributed by atoms with E-state index in [9.17, 15) is 4.79 Å². The molecule has 1 unspecified atom stereocenters. The van der Waals surface area contributed by atoms with Crippen LogP contribution in [0.3, 0.4) is 0 Å². The summed E-state index contributed by atoms with van der Waals surface area (Å²) in [5, 5.41) is 8.07. The average molecular weight is 394 g/mol. The lowest BCUT2D eigenvalue weighted by atomic mass is 9.98. The van der Waals surface area contributed by atoms with Crippen LogP contribution in [-0.2, 0) is 0 Å². The molecule has 3 heterocycles. The summed E-state index contributed by atoms with van der Waals surface area (Å²) in [5.41, 5.74) is 0.591. The zero-order valence-electron chi connectivity index (χ0n) is 12.9. The van der Waals surface area contributed by atoms with Crippen LogP contribution < -0.4 is 5.32 Å². The summed E-state index contributed by atoms with van der Waals surface area (Å²) in [6, 6.07) is 4.05. The zero-order chi connectivity index (χ0) is 14.7. The van der Waals surface area contributed by atoms with Gasteiger partial charge in [0.15, 0.2) is 0 Å². The topological polar surface area (TPSA) is 45.2 Å². The van der Waals surface area contributed by atoms with E-state index in [0.717, 1.165) is 35.9 Å². The molecule has 0 saturated carbocycles. The van der Waals surface area contributed by atoms with Gasteiger partial charge in [-0.2, -0.15) is 0 Å². The van der Waals surface area contributed by atoms with Gasteiger partial charge in [0.2, 0.25) is 0 Å². The number of aromatic nitrogens is 1. The number of carbonyl (C=O) groups excluding carboxylic acids is 1. The van der Waals surface area contributed by atoms with Crippen LogP contribution in [0.5, 0.6) is 0 Å². The minimum atomic E-state index is 0. The van der Waals surface area contributed by atoms with Crippen molar-refractivity contribution in [3.05, 3.63) is 28.6 Å². The molecule has 1 aliphatic heterocycles. The molecule has 1 amide bonds. The van der Waals surface area contributed by atoms with Crippen molar-refractivity contribution in [1.29, 1.82) is 0 Å². The van der Waals surface area contributed by atoms with Crippen molar-refractivity contribution in [2.75, 3.05) is 26.7 Å². The first-order valence-corrected chi connectivity index (χ1v) is 8.97. The van der Waals surface area contributed by atoms with Crippen molar-refractivity contribution in [2.24, 2.45) is 5.92 Å². The second-order valence-corrected chi connectivity index (χ2v) is 7.14. The molecular weight excluding hydrogens is 373 g/mol. The van der Waals surface area contributed by atoms with E-state index >= 15 is 0 Å². The fourth-order valence-electron chi connectivity index (χ4n) is 2.75. The Hall–Kier alpha value is -0.660. The number of amides is 1. The number of hydrogen-bond acceptors (Lipinski definition) is 5. The highest BCUT2D eigenvalue weighted by molar-refractivity contribution is 7.20. The number of halogens is 2. The maximum Gasteiger partial charge on any atom is 0.273 e. The maximum atomic E-state index is 12.6. The van der Waals surface area contributed by atoms with Crippen LogP contribution in [0, 0.1) is 5.92 Å². The lowest BCUT2D eigenvalue weighted by Gasteiger charge is -2.32. The van der Waals surface area contributed by atoms with Crippen molar-refractivity contribution in [3.8, 4) is 9.88 Å². The number of rotatable bonds is 4. The van der Waals surface area contributed by atoms with E-state index in [1.54, 1.807) is 22.7 Å². The van der Waals surface area contributed by atoms with Crippen LogP contribution in [0.4, 0.5) is 0 Å². The van der Waals surface area contributed by atoms with Gasteiger partial charge in [-0.1, -0.05) is 6.07 Å². The molecule has 1 saturated heterocycles. The Morgan fingerprint density at radius 2 is 2.26 bits per heavy atom. The monoisotopic (exact) mass is 393 g/mol. The molecule has 0 bridgehead atoms. The Morgan fingerprint density at radius 1 is 1.43 bits per heavy atom. The molecule has 1 N–H and O–H groups in total. The van der Waals surface area contributed by atoms with Crippen molar-refractivity contribution >= 4 is 53.4 Å². The van der Waals surface area contributed by atoms with Crippen LogP contribution in [0.25, 0.3) is 9.88 Å². The van der Waals surface area contributed by atoms with E-state index in [4.69, 9.17) is 0 Å². The van der Waals surface area contributed by atoms with Gasteiger partial charge in [0, 0.05) is 18.5 Å². The number of carbonyl (C=O) groups is 1. The summed E-state index contributed by atoms with van der Waals surface area (Å²) >= 11 is 3.21. The molecule has 4 nitrogen and oxygen atoms in total. The highest BCUT2D eigenvalue weighted by atomic mass is 35.5. The van der Waals surface area contributed by atoms with Gasteiger partial charge in [-0.25, -0.2) is 4.98 Å². The molecule has 0 aliphatic carbocycles. The van der Waals surface area contributed by atoms with Gasteiger partial charge in [0.1, 0.15) is 10.7 Å². The largest absolute Gasteiger partial charge is 0.337 e. The summed E-state index contributed by atoms with van der Waals surface area (Å²) in [7, 11) is 1.97. The van der Waals surface area contributed by atoms with Crippen molar-refractivity contribution < 1.29 is 4.79 Å². The molecule has 1 aliphatic rings. The predicted octanol–water partition coefficient (Wildman–Crippen LogP) is 3.79. The van der Waals surface area contributed by atoms with Crippen molar-refractivity contribution in [1.82, 2.24) is 15.2 Å². The van der Waals surface area contributed by atoms with Gasteiger partial charge in [-0.05, 0) is 43.8 Å². The summed E-state index contributed by atoms with van der Waals surface area (Å²) < 4.78 is 0. The molecule has 2 aromatic heterocycles. The fourth-order valence-corrected chi connectivity index (χ4v) is 4.36. The zero-order valence-corrected chi connectivity index (χ0v) is 16.1. The van der Waals surface area contributed by atoms with Gasteiger partial charge >= 0.3 is 0 Å². The van der Waals surface area contributed by atoms with E-state index < -0.39 is 0 Å². The summed E-state index contributed by atoms with van der Waals surface area (Å²) in [6.07, 6.45) is 2.28. The third kappa shape index (κ3) is 4.90. The van der Waals surface area contributed by atoms with E-state index in [1.807, 2.05) is 34.8 Å². The van der Waals surface area contributed by atoms with E-state index in [1.165, 1.54) is 6.42 Å². The lowest BCUT2D eigenvalue weighted by molar-refractivity contribution is 0.0669. The number of thiophene rings is 1. The van der Waals surface area contributed by atoms with Crippen LogP contribution in [0.2, 0.25) is 0 Å². The van der Waals surface area contributed by atoms with Gasteiger partial charge in [0.05, 0.1) is 4.88 Å². The molecule has 1 atom stereocenters. The third-order valence-electron chi connectivity index (χ3n) is 3.75. The third-order valence-corrected chi connectivity index (χ3v) is 5.64. The maximum absolute atomic E-state index is 12.6. The normalized spacial score (nSPS) is 17.3. The minimum absolute atomic E-state index is 0. The summed E-state index contributed by atoms with van der Waals surface area (Å²) in [4.78, 5) is 20.2. The molecule has 23 heavy (non-hydrogen) atoms. The Balaban J connectivity index is 0.00000132. The Labute approximate surface area is 157 Å². The summed E-state index contributed by atoms with van der Waals surface area (Å²) in [6.45, 7) is 2.66. The van der Waals surface area contributed by atoms with Crippen LogP contribution in [0.1, 0.15) is 23.3 Å². The second kappa shape index (κ2) is 9.59. The Kier molecular flexibility index (Phi) is 8.50. The number of likely N-dealkylation sites (tertiary alicyclic amines) is 1. The van der Waals surface area contributed by atoms with Crippen LogP contribution in [-0.4, -0.2) is 42.5 Å². The SMILES string of the molecule is CNCC1CCCN(C(=O)c2csc(-c3cccs3)n2)C1.Cl.Cl. The smallest absolute Gasteiger partial charge is 0.273 e. The van der Waals surface area contributed by atoms with E-state index in [0.29, 0.717) is 11.6 Å². The molecule has 3 rings (SSSR count). The first-order valence-electron chi connectivity index (χ1n) is 7.21. The quantitative estimate of drug-likeness (QED) is 0.858. The number of thiazole rings is 1. The number of nitrogens with one attached hydrogen (secondary N) is 1. The molecule has 1 fully saturated rings. The highest BCUT2D eigenvalue weighted by Gasteiger charge is 2.25. The average Bonchev–Trinajstić information content (AvgIpc) is 3.18. The standard InChI is InChI=1S/C15H19N3OS2.2ClH/c1-16-8-11-4-2-6-18(9-11)15(19)12-10-21-14(17-12)13-5-3-7-20-13;;/h3,5,7,10-11,16H,2,4,6,8-9H2,1H3;2*1H. The van der Waals surface area contributed by atoms with E-state index in [-0.39, 0.29) is 30.7 Å². The Morgan fingerprint density at radius 3 is 2.96 bits per heavy atom. The first kappa shape index (κ1) is 20.4. The van der Waals surface area contributed by atoms with Gasteiger partial charge in [0.25, 0.3) is 5.91 Å². The van der Waals surface area contributed by atoms with Crippen molar-refractivity contribution in [2.45, 2.75) is 12.8 Å². The minimum Gasteiger partial charge on any atom is -0.337 e.